The van der Waals surface area contributed by atoms with Gasteiger partial charge >= 0.3 is 0 Å². The van der Waals surface area contributed by atoms with Crippen LogP contribution >= 0.6 is 0 Å². The molecule has 0 aromatic heterocycles. The van der Waals surface area contributed by atoms with Crippen molar-refractivity contribution in [2.75, 3.05) is 7.05 Å². The maximum absolute atomic E-state index is 13.2. The number of rotatable bonds is 10. The van der Waals surface area contributed by atoms with Gasteiger partial charge in [0.1, 0.15) is 11.9 Å². The molecule has 2 aromatic carbocycles. The second-order valence-corrected chi connectivity index (χ2v) is 9.69. The van der Waals surface area contributed by atoms with Gasteiger partial charge in [-0.2, -0.15) is 0 Å². The molecule has 1 atom stereocenters. The Balaban J connectivity index is 1.65. The minimum absolute atomic E-state index is 0.0340. The first-order valence-corrected chi connectivity index (χ1v) is 12.0. The van der Waals surface area contributed by atoms with Gasteiger partial charge < -0.3 is 10.2 Å². The van der Waals surface area contributed by atoms with Crippen LogP contribution in [0.1, 0.15) is 37.3 Å². The molecule has 1 aliphatic carbocycles. The molecule has 2 amide bonds. The molecular formula is C23H28FN3O4S. The highest BCUT2D eigenvalue weighted by molar-refractivity contribution is 7.89. The SMILES string of the molecule is CNC(=O)[C@H](C)N(Cc1ccc(F)cc1)C(=O)CCc1ccc(S(=O)(=O)NC2CC2)cc1. The smallest absolute Gasteiger partial charge is 0.242 e. The molecule has 2 aromatic rings. The molecule has 0 bridgehead atoms. The van der Waals surface area contributed by atoms with Gasteiger partial charge in [0, 0.05) is 26.1 Å². The Morgan fingerprint density at radius 1 is 1.06 bits per heavy atom. The lowest BCUT2D eigenvalue weighted by Gasteiger charge is -2.28. The zero-order chi connectivity index (χ0) is 23.3. The van der Waals surface area contributed by atoms with E-state index in [1.165, 1.54) is 36.2 Å². The van der Waals surface area contributed by atoms with Gasteiger partial charge in [-0.3, -0.25) is 9.59 Å². The number of carbonyl (C=O) groups excluding carboxylic acids is 2. The highest BCUT2D eigenvalue weighted by atomic mass is 32.2. The Bertz CT molecular complexity index is 1050. The lowest BCUT2D eigenvalue weighted by molar-refractivity contribution is -0.140. The molecule has 7 nitrogen and oxygen atoms in total. The highest BCUT2D eigenvalue weighted by Crippen LogP contribution is 2.22. The maximum atomic E-state index is 13.2. The highest BCUT2D eigenvalue weighted by Gasteiger charge is 2.28. The quantitative estimate of drug-likeness (QED) is 0.568. The minimum Gasteiger partial charge on any atom is -0.357 e. The summed E-state index contributed by atoms with van der Waals surface area (Å²) in [5.41, 5.74) is 1.53. The summed E-state index contributed by atoms with van der Waals surface area (Å²) in [7, 11) is -2.01. The first-order valence-electron chi connectivity index (χ1n) is 10.6. The van der Waals surface area contributed by atoms with Crippen LogP contribution in [-0.4, -0.2) is 44.3 Å². The molecule has 9 heteroatoms. The van der Waals surface area contributed by atoms with E-state index in [0.717, 1.165) is 18.4 Å². The molecule has 3 rings (SSSR count). The fourth-order valence-corrected chi connectivity index (χ4v) is 4.60. The third-order valence-corrected chi connectivity index (χ3v) is 6.98. The predicted octanol–water partition coefficient (Wildman–Crippen LogP) is 2.36. The molecule has 0 unspecified atom stereocenters. The monoisotopic (exact) mass is 461 g/mol. The molecule has 0 saturated heterocycles. The Morgan fingerprint density at radius 2 is 1.66 bits per heavy atom. The summed E-state index contributed by atoms with van der Waals surface area (Å²) in [6.07, 6.45) is 2.27. The summed E-state index contributed by atoms with van der Waals surface area (Å²) >= 11 is 0. The zero-order valence-corrected chi connectivity index (χ0v) is 19.0. The van der Waals surface area contributed by atoms with Gasteiger partial charge in [0.15, 0.2) is 0 Å². The third-order valence-electron chi connectivity index (χ3n) is 5.44. The number of carbonyl (C=O) groups is 2. The van der Waals surface area contributed by atoms with Crippen LogP contribution in [0.15, 0.2) is 53.4 Å². The van der Waals surface area contributed by atoms with E-state index in [1.807, 2.05) is 0 Å². The number of halogens is 1. The van der Waals surface area contributed by atoms with E-state index < -0.39 is 16.1 Å². The second kappa shape index (κ2) is 10.2. The number of nitrogens with zero attached hydrogens (tertiary/aromatic N) is 1. The molecule has 0 radical (unpaired) electrons. The summed E-state index contributed by atoms with van der Waals surface area (Å²) in [4.78, 5) is 26.8. The molecule has 1 fully saturated rings. The summed E-state index contributed by atoms with van der Waals surface area (Å²) in [6.45, 7) is 1.82. The number of benzene rings is 2. The van der Waals surface area contributed by atoms with E-state index in [2.05, 4.69) is 10.0 Å². The molecule has 32 heavy (non-hydrogen) atoms. The summed E-state index contributed by atoms with van der Waals surface area (Å²) < 4.78 is 40.4. The Morgan fingerprint density at radius 3 is 2.22 bits per heavy atom. The molecular weight excluding hydrogens is 433 g/mol. The lowest BCUT2D eigenvalue weighted by atomic mass is 10.1. The topological polar surface area (TPSA) is 95.6 Å². The van der Waals surface area contributed by atoms with Gasteiger partial charge in [-0.05, 0) is 61.6 Å². The predicted molar refractivity (Wildman–Crippen MR) is 119 cm³/mol. The average Bonchev–Trinajstić information content (AvgIpc) is 3.59. The van der Waals surface area contributed by atoms with E-state index in [9.17, 15) is 22.4 Å². The van der Waals surface area contributed by atoms with Crippen molar-refractivity contribution in [1.82, 2.24) is 14.9 Å². The first kappa shape index (κ1) is 23.9. The molecule has 0 aliphatic heterocycles. The van der Waals surface area contributed by atoms with Gasteiger partial charge in [-0.1, -0.05) is 24.3 Å². The average molecular weight is 462 g/mol. The van der Waals surface area contributed by atoms with Gasteiger partial charge in [-0.25, -0.2) is 17.5 Å². The molecule has 172 valence electrons. The van der Waals surface area contributed by atoms with Gasteiger partial charge in [0.2, 0.25) is 21.8 Å². The normalized spacial score (nSPS) is 14.6. The first-order chi connectivity index (χ1) is 15.2. The van der Waals surface area contributed by atoms with Crippen molar-refractivity contribution < 1.29 is 22.4 Å². The van der Waals surface area contributed by atoms with Crippen molar-refractivity contribution in [3.63, 3.8) is 0 Å². The van der Waals surface area contributed by atoms with Gasteiger partial charge in [0.25, 0.3) is 0 Å². The molecule has 1 aliphatic rings. The third kappa shape index (κ3) is 6.37. The number of sulfonamides is 1. The summed E-state index contributed by atoms with van der Waals surface area (Å²) in [5, 5.41) is 2.55. The zero-order valence-electron chi connectivity index (χ0n) is 18.2. The largest absolute Gasteiger partial charge is 0.357 e. The van der Waals surface area contributed by atoms with Crippen LogP contribution in [0, 0.1) is 5.82 Å². The molecule has 2 N–H and O–H groups in total. The van der Waals surface area contributed by atoms with Crippen molar-refractivity contribution in [3.05, 3.63) is 65.5 Å². The lowest BCUT2D eigenvalue weighted by Crippen LogP contribution is -2.46. The fraction of sp³-hybridized carbons (Fsp3) is 0.391. The van der Waals surface area contributed by atoms with Gasteiger partial charge in [0.05, 0.1) is 4.90 Å². The van der Waals surface area contributed by atoms with Crippen LogP contribution in [0.4, 0.5) is 4.39 Å². The number of aryl methyl sites for hydroxylation is 1. The van der Waals surface area contributed by atoms with E-state index >= 15 is 0 Å². The van der Waals surface area contributed by atoms with Crippen molar-refractivity contribution in [2.24, 2.45) is 0 Å². The van der Waals surface area contributed by atoms with Crippen LogP contribution < -0.4 is 10.0 Å². The Labute approximate surface area is 188 Å². The second-order valence-electron chi connectivity index (χ2n) is 7.98. The van der Waals surface area contributed by atoms with E-state index in [4.69, 9.17) is 0 Å². The number of nitrogens with one attached hydrogen (secondary N) is 2. The van der Waals surface area contributed by atoms with Crippen LogP contribution in [0.3, 0.4) is 0 Å². The van der Waals surface area contributed by atoms with Crippen LogP contribution in [0.25, 0.3) is 0 Å². The van der Waals surface area contributed by atoms with Crippen molar-refractivity contribution in [2.45, 2.75) is 56.1 Å². The molecule has 1 saturated carbocycles. The van der Waals surface area contributed by atoms with E-state index in [1.54, 1.807) is 31.2 Å². The van der Waals surface area contributed by atoms with Crippen LogP contribution in [0.2, 0.25) is 0 Å². The maximum Gasteiger partial charge on any atom is 0.242 e. The van der Waals surface area contributed by atoms with Crippen molar-refractivity contribution in [1.29, 1.82) is 0 Å². The van der Waals surface area contributed by atoms with Crippen molar-refractivity contribution >= 4 is 21.8 Å². The van der Waals surface area contributed by atoms with E-state index in [0.29, 0.717) is 12.0 Å². The summed E-state index contributed by atoms with van der Waals surface area (Å²) in [5.74, 6) is -0.889. The molecule has 0 heterocycles. The number of hydrogen-bond acceptors (Lipinski definition) is 4. The van der Waals surface area contributed by atoms with Crippen LogP contribution in [-0.2, 0) is 32.6 Å². The Kier molecular flexibility index (Phi) is 7.63. The minimum atomic E-state index is -3.52. The summed E-state index contributed by atoms with van der Waals surface area (Å²) in [6, 6.07) is 11.6. The van der Waals surface area contributed by atoms with Crippen LogP contribution in [0.5, 0.6) is 0 Å². The number of hydrogen-bond donors (Lipinski definition) is 2. The standard InChI is InChI=1S/C23H28FN3O4S/c1-16(23(29)25-2)27(15-18-3-8-19(24)9-4-18)22(28)14-7-17-5-12-21(13-6-17)32(30,31)26-20-10-11-20/h3-6,8-9,12-13,16,20,26H,7,10-11,14-15H2,1-2H3,(H,25,29)/t16-/m0/s1. The van der Waals surface area contributed by atoms with E-state index in [-0.39, 0.29) is 41.5 Å². The fourth-order valence-electron chi connectivity index (χ4n) is 3.30. The molecule has 0 spiro atoms. The number of likely N-dealkylation sites (N-methyl/N-ethyl adjacent to an activating group) is 1. The Hall–Kier alpha value is -2.78. The van der Waals surface area contributed by atoms with Crippen molar-refractivity contribution in [3.8, 4) is 0 Å². The number of amides is 2. The van der Waals surface area contributed by atoms with Gasteiger partial charge in [-0.15, -0.1) is 0 Å².